The molecule has 40 heavy (non-hydrogen) atoms. The smallest absolute Gasteiger partial charge is 0.164 e. The van der Waals surface area contributed by atoms with Gasteiger partial charge in [0.25, 0.3) is 0 Å². The number of benzene rings is 2. The van der Waals surface area contributed by atoms with E-state index in [1.54, 1.807) is 23.7 Å². The molecule has 2 N–H and O–H groups in total. The van der Waals surface area contributed by atoms with Crippen molar-refractivity contribution >= 4 is 32.5 Å². The van der Waals surface area contributed by atoms with Crippen molar-refractivity contribution in [2.24, 2.45) is 7.05 Å². The second-order valence-corrected chi connectivity index (χ2v) is 9.63. The Morgan fingerprint density at radius 3 is 2.52 bits per heavy atom. The third-order valence-corrected chi connectivity index (χ3v) is 6.77. The van der Waals surface area contributed by atoms with E-state index in [9.17, 15) is 4.39 Å². The Labute approximate surface area is 232 Å². The van der Waals surface area contributed by atoms with E-state index in [0.29, 0.717) is 47.2 Å². The summed E-state index contributed by atoms with van der Waals surface area (Å²) in [5.74, 6) is 0.545. The molecule has 1 aliphatic rings. The Morgan fingerprint density at radius 2 is 1.80 bits per heavy atom. The van der Waals surface area contributed by atoms with Crippen LogP contribution in [0.25, 0.3) is 22.3 Å². The van der Waals surface area contributed by atoms with E-state index >= 15 is 0 Å². The lowest BCUT2D eigenvalue weighted by Gasteiger charge is -2.28. The molecule has 0 atom stereocenters. The van der Waals surface area contributed by atoms with Crippen molar-refractivity contribution < 1.29 is 18.6 Å². The lowest BCUT2D eigenvalue weighted by molar-refractivity contribution is 0.0674. The molecule has 0 aliphatic carbocycles. The fraction of sp³-hybridized carbons (Fsp3) is 0.259. The van der Waals surface area contributed by atoms with E-state index < -0.39 is 11.2 Å². The summed E-state index contributed by atoms with van der Waals surface area (Å²) in [5.41, 5.74) is 8.83. The number of rotatable bonds is 7. The van der Waals surface area contributed by atoms with Gasteiger partial charge in [-0.2, -0.15) is 5.10 Å². The van der Waals surface area contributed by atoms with E-state index in [1.807, 2.05) is 16.8 Å². The van der Waals surface area contributed by atoms with Crippen LogP contribution in [0.4, 0.5) is 10.2 Å². The maximum absolute atomic E-state index is 14.5. The first-order chi connectivity index (χ1) is 19.3. The summed E-state index contributed by atoms with van der Waals surface area (Å²) in [6.07, 6.45) is 6.14. The molecule has 0 amide bonds. The van der Waals surface area contributed by atoms with E-state index in [0.717, 1.165) is 18.4 Å². The third-order valence-electron chi connectivity index (χ3n) is 6.77. The minimum atomic E-state index is -1.74. The Balaban J connectivity index is 1.26. The van der Waals surface area contributed by atoms with Crippen LogP contribution in [0.1, 0.15) is 24.6 Å². The molecule has 4 radical (unpaired) electrons. The topological polar surface area (TPSA) is 115 Å². The van der Waals surface area contributed by atoms with Gasteiger partial charge >= 0.3 is 0 Å². The molecule has 13 heteroatoms. The van der Waals surface area contributed by atoms with E-state index in [1.165, 1.54) is 37.1 Å². The van der Waals surface area contributed by atoms with Gasteiger partial charge in [0, 0.05) is 44.0 Å². The van der Waals surface area contributed by atoms with Crippen LogP contribution in [0.15, 0.2) is 61.3 Å². The zero-order valence-corrected chi connectivity index (χ0v) is 21.7. The number of aryl methyl sites for hydroxylation is 1. The lowest BCUT2D eigenvalue weighted by atomic mass is 9.63. The number of anilines is 1. The molecule has 3 aromatic heterocycles. The summed E-state index contributed by atoms with van der Waals surface area (Å²) in [7, 11) is 14.0. The van der Waals surface area contributed by atoms with Crippen LogP contribution in [0, 0.1) is 5.82 Å². The van der Waals surface area contributed by atoms with Gasteiger partial charge in [-0.3, -0.25) is 0 Å². The summed E-state index contributed by atoms with van der Waals surface area (Å²) < 4.78 is 35.1. The molecule has 5 aromatic rings. The zero-order valence-electron chi connectivity index (χ0n) is 21.7. The molecule has 2 aromatic carbocycles. The Morgan fingerprint density at radius 1 is 1.05 bits per heavy atom. The van der Waals surface area contributed by atoms with Gasteiger partial charge < -0.3 is 24.5 Å². The lowest BCUT2D eigenvalue weighted by Crippen LogP contribution is -2.36. The van der Waals surface area contributed by atoms with Crippen molar-refractivity contribution in [3.63, 3.8) is 0 Å². The number of fused-ring (bicyclic) bond motifs is 1. The van der Waals surface area contributed by atoms with Crippen LogP contribution in [0.5, 0.6) is 17.2 Å². The maximum Gasteiger partial charge on any atom is 0.164 e. The van der Waals surface area contributed by atoms with Crippen molar-refractivity contribution in [2.75, 3.05) is 18.9 Å². The molecule has 0 spiro atoms. The van der Waals surface area contributed by atoms with Gasteiger partial charge in [0.2, 0.25) is 0 Å². The number of ether oxygens (including phenoxy) is 3. The van der Waals surface area contributed by atoms with Gasteiger partial charge in [-0.15, -0.1) is 0 Å². The SMILES string of the molecule is [B]C([B])(Oc1cc(F)cc(Oc2ccc(-c3nn(C4CCOCC4)c4ncnc(N)c34)cc2)c1)c1cncn1C. The van der Waals surface area contributed by atoms with Crippen molar-refractivity contribution in [3.05, 3.63) is 72.8 Å². The Hall–Kier alpha value is -4.38. The largest absolute Gasteiger partial charge is 0.501 e. The average Bonchev–Trinajstić information content (AvgIpc) is 3.54. The number of halogens is 1. The van der Waals surface area contributed by atoms with Crippen molar-refractivity contribution in [3.8, 4) is 28.5 Å². The summed E-state index contributed by atoms with van der Waals surface area (Å²) >= 11 is 0. The van der Waals surface area contributed by atoms with Gasteiger partial charge in [-0.05, 0) is 37.1 Å². The van der Waals surface area contributed by atoms with Gasteiger partial charge in [-0.1, -0.05) is 0 Å². The molecule has 1 fully saturated rings. The number of nitrogen functional groups attached to an aromatic ring is 1. The number of hydrogen-bond acceptors (Lipinski definition) is 8. The van der Waals surface area contributed by atoms with Crippen molar-refractivity contribution in [1.82, 2.24) is 29.3 Å². The molecule has 10 nitrogen and oxygen atoms in total. The molecular formula is C27H24B2FN7O3. The molecule has 6 rings (SSSR count). The number of nitrogens with two attached hydrogens (primary N) is 1. The standard InChI is InChI=1S/C27H24B2FN7O3/c1-36-15-32-13-22(36)27(28,29)40-21-11-17(30)10-20(12-21)39-19-4-2-16(3-5-19)24-23-25(31)33-14-34-26(23)37(35-24)18-6-8-38-9-7-18/h2-5,10-15,18H,6-9H2,1H3,(H2,31,33,34). The van der Waals surface area contributed by atoms with Crippen LogP contribution in [-0.4, -0.2) is 58.2 Å². The summed E-state index contributed by atoms with van der Waals surface area (Å²) in [6.45, 7) is 1.34. The summed E-state index contributed by atoms with van der Waals surface area (Å²) in [6, 6.07) is 11.3. The average molecular weight is 535 g/mol. The van der Waals surface area contributed by atoms with Crippen LogP contribution >= 0.6 is 0 Å². The number of aromatic nitrogens is 6. The van der Waals surface area contributed by atoms with Gasteiger partial charge in [-0.25, -0.2) is 24.0 Å². The van der Waals surface area contributed by atoms with E-state index in [4.69, 9.17) is 40.7 Å². The quantitative estimate of drug-likeness (QED) is 0.315. The molecule has 198 valence electrons. The van der Waals surface area contributed by atoms with Crippen LogP contribution in [0.3, 0.4) is 0 Å². The van der Waals surface area contributed by atoms with Crippen molar-refractivity contribution in [2.45, 2.75) is 24.3 Å². The summed E-state index contributed by atoms with van der Waals surface area (Å²) in [5, 5.41) is 3.84. The fourth-order valence-corrected chi connectivity index (χ4v) is 4.83. The predicted molar refractivity (Wildman–Crippen MR) is 148 cm³/mol. The van der Waals surface area contributed by atoms with Crippen LogP contribution < -0.4 is 15.2 Å². The molecule has 1 saturated heterocycles. The number of imidazole rings is 1. The molecule has 4 heterocycles. The summed E-state index contributed by atoms with van der Waals surface area (Å²) in [4.78, 5) is 12.7. The second kappa shape index (κ2) is 10.3. The first-order valence-electron chi connectivity index (χ1n) is 12.7. The highest BCUT2D eigenvalue weighted by Crippen LogP contribution is 2.35. The number of nitrogens with zero attached hydrogens (tertiary/aromatic N) is 6. The molecule has 1 aliphatic heterocycles. The molecular weight excluding hydrogens is 511 g/mol. The molecule has 0 unspecified atom stereocenters. The third kappa shape index (κ3) is 5.00. The predicted octanol–water partition coefficient (Wildman–Crippen LogP) is 3.62. The molecule has 0 bridgehead atoms. The normalized spacial score (nSPS) is 14.4. The van der Waals surface area contributed by atoms with Crippen molar-refractivity contribution in [1.29, 1.82) is 0 Å². The zero-order chi connectivity index (χ0) is 27.9. The van der Waals surface area contributed by atoms with Gasteiger partial charge in [0.05, 0.1) is 35.0 Å². The maximum atomic E-state index is 14.5. The fourth-order valence-electron chi connectivity index (χ4n) is 4.83. The van der Waals surface area contributed by atoms with E-state index in [-0.39, 0.29) is 17.5 Å². The second-order valence-electron chi connectivity index (χ2n) is 9.63. The highest BCUT2D eigenvalue weighted by molar-refractivity contribution is 6.38. The first kappa shape index (κ1) is 25.9. The highest BCUT2D eigenvalue weighted by atomic mass is 19.1. The Kier molecular flexibility index (Phi) is 6.67. The monoisotopic (exact) mass is 535 g/mol. The van der Waals surface area contributed by atoms with Gasteiger partial charge in [0.15, 0.2) is 5.65 Å². The van der Waals surface area contributed by atoms with Crippen LogP contribution in [-0.2, 0) is 17.2 Å². The van der Waals surface area contributed by atoms with Gasteiger partial charge in [0.1, 0.15) is 56.6 Å². The highest BCUT2D eigenvalue weighted by Gasteiger charge is 2.26. The minimum Gasteiger partial charge on any atom is -0.501 e. The first-order valence-corrected chi connectivity index (χ1v) is 12.7. The van der Waals surface area contributed by atoms with Crippen LogP contribution in [0.2, 0.25) is 0 Å². The Bertz CT molecular complexity index is 1670. The molecule has 0 saturated carbocycles. The minimum absolute atomic E-state index is 0.0958. The number of hydrogen-bond donors (Lipinski definition) is 1. The van der Waals surface area contributed by atoms with E-state index in [2.05, 4.69) is 15.0 Å².